The summed E-state index contributed by atoms with van der Waals surface area (Å²) in [5.41, 5.74) is 0.879. The molecular weight excluding hydrogens is 250 g/mol. The van der Waals surface area contributed by atoms with Crippen LogP contribution in [0.25, 0.3) is 0 Å². The average molecular weight is 269 g/mol. The molecule has 18 heavy (non-hydrogen) atoms. The molecule has 0 radical (unpaired) electrons. The molecule has 1 unspecified atom stereocenters. The minimum Gasteiger partial charge on any atom is -0.444 e. The van der Waals surface area contributed by atoms with Gasteiger partial charge in [0, 0.05) is 30.5 Å². The molecule has 1 aliphatic rings. The first-order chi connectivity index (χ1) is 8.65. The van der Waals surface area contributed by atoms with Crippen molar-refractivity contribution in [1.29, 1.82) is 0 Å². The molecule has 0 spiro atoms. The summed E-state index contributed by atoms with van der Waals surface area (Å²) in [6.45, 7) is 5.12. The number of oxazole rings is 1. The van der Waals surface area contributed by atoms with Crippen molar-refractivity contribution in [3.63, 3.8) is 0 Å². The molecule has 1 aliphatic heterocycles. The highest BCUT2D eigenvalue weighted by atomic mass is 32.2. The Kier molecular flexibility index (Phi) is 4.66. The molecule has 2 N–H and O–H groups in total. The molecule has 0 bridgehead atoms. The van der Waals surface area contributed by atoms with Crippen molar-refractivity contribution in [3.05, 3.63) is 17.3 Å². The van der Waals surface area contributed by atoms with E-state index in [4.69, 9.17) is 4.42 Å². The molecule has 6 heteroatoms. The maximum Gasteiger partial charge on any atom is 0.222 e. The van der Waals surface area contributed by atoms with E-state index in [2.05, 4.69) is 15.6 Å². The van der Waals surface area contributed by atoms with Gasteiger partial charge in [-0.05, 0) is 13.8 Å². The van der Waals surface area contributed by atoms with Crippen LogP contribution in [0.3, 0.4) is 0 Å². The Morgan fingerprint density at radius 3 is 3.06 bits per heavy atom. The Hall–Kier alpha value is -1.01. The number of nitrogens with zero attached hydrogens (tertiary/aromatic N) is 1. The van der Waals surface area contributed by atoms with Crippen molar-refractivity contribution in [2.45, 2.75) is 32.9 Å². The molecule has 5 nitrogen and oxygen atoms in total. The van der Waals surface area contributed by atoms with Crippen molar-refractivity contribution in [2.75, 3.05) is 18.1 Å². The molecule has 2 rings (SSSR count). The molecule has 1 aromatic heterocycles. The number of rotatable bonds is 4. The van der Waals surface area contributed by atoms with Crippen LogP contribution in [-0.4, -0.2) is 35.0 Å². The van der Waals surface area contributed by atoms with Crippen LogP contribution < -0.4 is 10.6 Å². The predicted molar refractivity (Wildman–Crippen MR) is 71.6 cm³/mol. The summed E-state index contributed by atoms with van der Waals surface area (Å²) in [6, 6.07) is 0.289. The lowest BCUT2D eigenvalue weighted by Gasteiger charge is -2.22. The van der Waals surface area contributed by atoms with Crippen molar-refractivity contribution in [3.8, 4) is 0 Å². The van der Waals surface area contributed by atoms with Crippen LogP contribution in [0.5, 0.6) is 0 Å². The Bertz CT molecular complexity index is 394. The second kappa shape index (κ2) is 6.24. The van der Waals surface area contributed by atoms with E-state index in [1.54, 1.807) is 0 Å². The number of hydrogen-bond donors (Lipinski definition) is 2. The van der Waals surface area contributed by atoms with E-state index in [0.29, 0.717) is 18.9 Å². The molecule has 0 aliphatic carbocycles. The SMILES string of the molecule is Cc1nc(CNC(=O)CC2CSCCN2)oc1C. The van der Waals surface area contributed by atoms with Gasteiger partial charge in [-0.15, -0.1) is 0 Å². The molecule has 1 amide bonds. The van der Waals surface area contributed by atoms with Gasteiger partial charge in [-0.25, -0.2) is 4.98 Å². The lowest BCUT2D eigenvalue weighted by atomic mass is 10.2. The van der Waals surface area contributed by atoms with Gasteiger partial charge in [0.15, 0.2) is 0 Å². The monoisotopic (exact) mass is 269 g/mol. The third-order valence-electron chi connectivity index (χ3n) is 2.94. The molecule has 1 saturated heterocycles. The smallest absolute Gasteiger partial charge is 0.222 e. The molecule has 1 fully saturated rings. The highest BCUT2D eigenvalue weighted by Gasteiger charge is 2.16. The van der Waals surface area contributed by atoms with E-state index in [-0.39, 0.29) is 11.9 Å². The lowest BCUT2D eigenvalue weighted by Crippen LogP contribution is -2.41. The summed E-state index contributed by atoms with van der Waals surface area (Å²) in [4.78, 5) is 16.0. The van der Waals surface area contributed by atoms with Gasteiger partial charge in [-0.3, -0.25) is 4.79 Å². The summed E-state index contributed by atoms with van der Waals surface area (Å²) in [6.07, 6.45) is 0.520. The minimum absolute atomic E-state index is 0.0449. The van der Waals surface area contributed by atoms with Gasteiger partial charge in [0.1, 0.15) is 5.76 Å². The molecule has 1 atom stereocenters. The van der Waals surface area contributed by atoms with Crippen LogP contribution in [-0.2, 0) is 11.3 Å². The molecule has 2 heterocycles. The van der Waals surface area contributed by atoms with Crippen LogP contribution in [0.4, 0.5) is 0 Å². The number of hydrogen-bond acceptors (Lipinski definition) is 5. The maximum atomic E-state index is 11.7. The maximum absolute atomic E-state index is 11.7. The summed E-state index contributed by atoms with van der Waals surface area (Å²) < 4.78 is 5.41. The number of thioether (sulfide) groups is 1. The van der Waals surface area contributed by atoms with Crippen LogP contribution in [0, 0.1) is 13.8 Å². The van der Waals surface area contributed by atoms with Crippen molar-refractivity contribution in [2.24, 2.45) is 0 Å². The molecule has 100 valence electrons. The zero-order valence-electron chi connectivity index (χ0n) is 10.8. The summed E-state index contributed by atoms with van der Waals surface area (Å²) in [7, 11) is 0. The second-order valence-electron chi connectivity index (χ2n) is 4.46. The van der Waals surface area contributed by atoms with Gasteiger partial charge in [0.05, 0.1) is 12.2 Å². The number of amides is 1. The topological polar surface area (TPSA) is 67.2 Å². The first-order valence-electron chi connectivity index (χ1n) is 6.16. The van der Waals surface area contributed by atoms with Crippen molar-refractivity contribution >= 4 is 17.7 Å². The Morgan fingerprint density at radius 1 is 1.61 bits per heavy atom. The van der Waals surface area contributed by atoms with Gasteiger partial charge < -0.3 is 15.1 Å². The lowest BCUT2D eigenvalue weighted by molar-refractivity contribution is -0.121. The molecular formula is C12H19N3O2S. The van der Waals surface area contributed by atoms with Crippen LogP contribution in [0.1, 0.15) is 23.8 Å². The highest BCUT2D eigenvalue weighted by Crippen LogP contribution is 2.11. The Morgan fingerprint density at radius 2 is 2.44 bits per heavy atom. The zero-order chi connectivity index (χ0) is 13.0. The number of nitrogens with one attached hydrogen (secondary N) is 2. The van der Waals surface area contributed by atoms with Crippen molar-refractivity contribution < 1.29 is 9.21 Å². The van der Waals surface area contributed by atoms with E-state index >= 15 is 0 Å². The Balaban J connectivity index is 1.74. The van der Waals surface area contributed by atoms with E-state index in [1.807, 2.05) is 25.6 Å². The minimum atomic E-state index is 0.0449. The fourth-order valence-corrected chi connectivity index (χ4v) is 2.78. The van der Waals surface area contributed by atoms with Crippen LogP contribution in [0.2, 0.25) is 0 Å². The third-order valence-corrected chi connectivity index (χ3v) is 4.07. The highest BCUT2D eigenvalue weighted by molar-refractivity contribution is 7.99. The first-order valence-corrected chi connectivity index (χ1v) is 7.31. The number of carbonyl (C=O) groups excluding carboxylic acids is 1. The van der Waals surface area contributed by atoms with Gasteiger partial charge in [0.2, 0.25) is 11.8 Å². The average Bonchev–Trinajstić information content (AvgIpc) is 2.68. The number of carbonyl (C=O) groups is 1. The molecule has 0 aromatic carbocycles. The number of aryl methyl sites for hydroxylation is 2. The summed E-state index contributed by atoms with van der Waals surface area (Å²) in [5, 5.41) is 6.18. The fourth-order valence-electron chi connectivity index (χ4n) is 1.84. The van der Waals surface area contributed by atoms with E-state index in [9.17, 15) is 4.79 Å². The van der Waals surface area contributed by atoms with Gasteiger partial charge in [0.25, 0.3) is 0 Å². The molecule has 0 saturated carbocycles. The second-order valence-corrected chi connectivity index (χ2v) is 5.61. The summed E-state index contributed by atoms with van der Waals surface area (Å²) in [5.74, 6) is 3.56. The fraction of sp³-hybridized carbons (Fsp3) is 0.667. The quantitative estimate of drug-likeness (QED) is 0.853. The first kappa shape index (κ1) is 13.4. The van der Waals surface area contributed by atoms with Crippen molar-refractivity contribution in [1.82, 2.24) is 15.6 Å². The predicted octanol–water partition coefficient (Wildman–Crippen LogP) is 1.00. The summed E-state index contributed by atoms with van der Waals surface area (Å²) >= 11 is 1.89. The number of aromatic nitrogens is 1. The van der Waals surface area contributed by atoms with Crippen LogP contribution >= 0.6 is 11.8 Å². The van der Waals surface area contributed by atoms with E-state index in [0.717, 1.165) is 29.5 Å². The largest absolute Gasteiger partial charge is 0.444 e. The normalized spacial score (nSPS) is 19.8. The van der Waals surface area contributed by atoms with Gasteiger partial charge in [-0.1, -0.05) is 0 Å². The van der Waals surface area contributed by atoms with E-state index < -0.39 is 0 Å². The van der Waals surface area contributed by atoms with Gasteiger partial charge >= 0.3 is 0 Å². The van der Waals surface area contributed by atoms with Gasteiger partial charge in [-0.2, -0.15) is 11.8 Å². The van der Waals surface area contributed by atoms with E-state index in [1.165, 1.54) is 0 Å². The standard InChI is InChI=1S/C12H19N3O2S/c1-8-9(2)17-12(15-8)6-14-11(16)5-10-7-18-4-3-13-10/h10,13H,3-7H2,1-2H3,(H,14,16). The van der Waals surface area contributed by atoms with Crippen LogP contribution in [0.15, 0.2) is 4.42 Å². The Labute approximate surface area is 111 Å². The molecule has 1 aromatic rings. The zero-order valence-corrected chi connectivity index (χ0v) is 11.6. The third kappa shape index (κ3) is 3.74.